The maximum absolute atomic E-state index is 12.9. The SMILES string of the molecule is C#CCN(c1ccc(C(=O)NCc2cccnc2)cc1)C1CCc2cc3cc(C)n(C)c(=O)c3cc21. The van der Waals surface area contributed by atoms with E-state index in [0.717, 1.165) is 46.1 Å². The zero-order valence-electron chi connectivity index (χ0n) is 20.5. The molecule has 0 spiro atoms. The van der Waals surface area contributed by atoms with E-state index >= 15 is 0 Å². The summed E-state index contributed by atoms with van der Waals surface area (Å²) < 4.78 is 1.69. The molecule has 0 aliphatic heterocycles. The van der Waals surface area contributed by atoms with E-state index in [1.807, 2.05) is 49.4 Å². The maximum Gasteiger partial charge on any atom is 0.258 e. The number of nitrogens with zero attached hydrogens (tertiary/aromatic N) is 3. The summed E-state index contributed by atoms with van der Waals surface area (Å²) in [7, 11) is 1.81. The molecule has 1 aliphatic carbocycles. The van der Waals surface area contributed by atoms with Gasteiger partial charge in [0.05, 0.1) is 12.6 Å². The van der Waals surface area contributed by atoms with E-state index in [0.29, 0.717) is 18.7 Å². The van der Waals surface area contributed by atoms with Gasteiger partial charge in [-0.2, -0.15) is 0 Å². The molecule has 4 aromatic rings. The smallest absolute Gasteiger partial charge is 0.258 e. The highest BCUT2D eigenvalue weighted by molar-refractivity contribution is 5.94. The third kappa shape index (κ3) is 4.36. The van der Waals surface area contributed by atoms with Crippen LogP contribution in [0.5, 0.6) is 0 Å². The summed E-state index contributed by atoms with van der Waals surface area (Å²) in [6.45, 7) is 2.80. The zero-order valence-corrected chi connectivity index (χ0v) is 20.5. The van der Waals surface area contributed by atoms with Crippen molar-refractivity contribution in [1.82, 2.24) is 14.9 Å². The van der Waals surface area contributed by atoms with Crippen molar-refractivity contribution in [3.63, 3.8) is 0 Å². The molecule has 0 saturated heterocycles. The lowest BCUT2D eigenvalue weighted by atomic mass is 10.0. The molecule has 1 aliphatic rings. The van der Waals surface area contributed by atoms with Crippen LogP contribution in [0.2, 0.25) is 0 Å². The predicted molar refractivity (Wildman–Crippen MR) is 143 cm³/mol. The van der Waals surface area contributed by atoms with E-state index in [4.69, 9.17) is 6.42 Å². The van der Waals surface area contributed by atoms with E-state index in [-0.39, 0.29) is 17.5 Å². The van der Waals surface area contributed by atoms with Crippen LogP contribution < -0.4 is 15.8 Å². The Labute approximate surface area is 210 Å². The zero-order chi connectivity index (χ0) is 25.2. The van der Waals surface area contributed by atoms with Crippen molar-refractivity contribution in [3.8, 4) is 12.3 Å². The first kappa shape index (κ1) is 23.4. The summed E-state index contributed by atoms with van der Waals surface area (Å²) in [4.78, 5) is 31.8. The molecule has 6 heteroatoms. The Kier molecular flexibility index (Phi) is 6.30. The number of aryl methyl sites for hydroxylation is 2. The van der Waals surface area contributed by atoms with Crippen LogP contribution in [0.1, 0.15) is 45.2 Å². The van der Waals surface area contributed by atoms with Gasteiger partial charge in [-0.05, 0) is 84.3 Å². The lowest BCUT2D eigenvalue weighted by Gasteiger charge is -2.30. The number of hydrogen-bond donors (Lipinski definition) is 1. The Morgan fingerprint density at radius 3 is 2.75 bits per heavy atom. The maximum atomic E-state index is 12.9. The fourth-order valence-electron chi connectivity index (χ4n) is 5.02. The second kappa shape index (κ2) is 9.71. The van der Waals surface area contributed by atoms with Crippen LogP contribution >= 0.6 is 0 Å². The number of hydrogen-bond acceptors (Lipinski definition) is 4. The van der Waals surface area contributed by atoms with Crippen molar-refractivity contribution >= 4 is 22.4 Å². The highest BCUT2D eigenvalue weighted by Gasteiger charge is 2.29. The van der Waals surface area contributed by atoms with Crippen molar-refractivity contribution in [2.45, 2.75) is 32.4 Å². The lowest BCUT2D eigenvalue weighted by molar-refractivity contribution is 0.0951. The van der Waals surface area contributed by atoms with Crippen LogP contribution in [0.15, 0.2) is 71.8 Å². The van der Waals surface area contributed by atoms with Gasteiger partial charge in [-0.1, -0.05) is 18.1 Å². The normalized spacial score (nSPS) is 14.3. The molecule has 2 aromatic heterocycles. The number of anilines is 1. The lowest BCUT2D eigenvalue weighted by Crippen LogP contribution is -2.28. The number of amides is 1. The van der Waals surface area contributed by atoms with E-state index < -0.39 is 0 Å². The van der Waals surface area contributed by atoms with Crippen LogP contribution in [0, 0.1) is 19.3 Å². The topological polar surface area (TPSA) is 67.2 Å². The highest BCUT2D eigenvalue weighted by atomic mass is 16.1. The van der Waals surface area contributed by atoms with Gasteiger partial charge in [0.15, 0.2) is 0 Å². The van der Waals surface area contributed by atoms with Crippen molar-refractivity contribution < 1.29 is 4.79 Å². The van der Waals surface area contributed by atoms with Gasteiger partial charge in [-0.3, -0.25) is 14.6 Å². The Hall–Kier alpha value is -4.37. The number of carbonyl (C=O) groups excluding carboxylic acids is 1. The number of terminal acetylenes is 1. The van der Waals surface area contributed by atoms with Gasteiger partial charge >= 0.3 is 0 Å². The summed E-state index contributed by atoms with van der Waals surface area (Å²) >= 11 is 0. The first-order valence-electron chi connectivity index (χ1n) is 12.1. The van der Waals surface area contributed by atoms with Crippen LogP contribution in [-0.4, -0.2) is 22.0 Å². The first-order valence-corrected chi connectivity index (χ1v) is 12.1. The van der Waals surface area contributed by atoms with E-state index in [2.05, 4.69) is 33.3 Å². The average Bonchev–Trinajstić information content (AvgIpc) is 3.31. The van der Waals surface area contributed by atoms with E-state index in [9.17, 15) is 9.59 Å². The number of pyridine rings is 2. The number of aromatic nitrogens is 2. The summed E-state index contributed by atoms with van der Waals surface area (Å²) in [6.07, 6.45) is 11.1. The highest BCUT2D eigenvalue weighted by Crippen LogP contribution is 2.39. The van der Waals surface area contributed by atoms with Gasteiger partial charge in [0.1, 0.15) is 0 Å². The van der Waals surface area contributed by atoms with E-state index in [1.54, 1.807) is 24.0 Å². The minimum Gasteiger partial charge on any atom is -0.353 e. The van der Waals surface area contributed by atoms with Gasteiger partial charge in [0, 0.05) is 48.3 Å². The van der Waals surface area contributed by atoms with Crippen LogP contribution in [0.25, 0.3) is 10.8 Å². The second-order valence-corrected chi connectivity index (χ2v) is 9.27. The molecule has 1 atom stereocenters. The summed E-state index contributed by atoms with van der Waals surface area (Å²) in [6, 6.07) is 17.6. The monoisotopic (exact) mass is 476 g/mol. The van der Waals surface area contributed by atoms with Crippen LogP contribution in [-0.2, 0) is 20.0 Å². The molecule has 0 bridgehead atoms. The Bertz CT molecular complexity index is 1530. The van der Waals surface area contributed by atoms with Crippen molar-refractivity contribution in [2.24, 2.45) is 7.05 Å². The molecular weight excluding hydrogens is 448 g/mol. The molecule has 2 heterocycles. The van der Waals surface area contributed by atoms with Gasteiger partial charge in [0.25, 0.3) is 11.5 Å². The van der Waals surface area contributed by atoms with Crippen molar-refractivity contribution in [3.05, 3.63) is 105 Å². The quantitative estimate of drug-likeness (QED) is 0.422. The number of fused-ring (bicyclic) bond motifs is 2. The Morgan fingerprint density at radius 2 is 2.03 bits per heavy atom. The minimum atomic E-state index is -0.141. The van der Waals surface area contributed by atoms with Gasteiger partial charge in [-0.25, -0.2) is 0 Å². The molecule has 1 N–H and O–H groups in total. The Balaban J connectivity index is 1.41. The number of rotatable bonds is 6. The molecule has 180 valence electrons. The molecule has 0 saturated carbocycles. The molecule has 5 rings (SSSR count). The van der Waals surface area contributed by atoms with Gasteiger partial charge < -0.3 is 14.8 Å². The van der Waals surface area contributed by atoms with Gasteiger partial charge in [-0.15, -0.1) is 6.42 Å². The van der Waals surface area contributed by atoms with Crippen molar-refractivity contribution in [1.29, 1.82) is 0 Å². The molecule has 36 heavy (non-hydrogen) atoms. The Morgan fingerprint density at radius 1 is 1.22 bits per heavy atom. The fourth-order valence-corrected chi connectivity index (χ4v) is 5.02. The average molecular weight is 477 g/mol. The molecule has 2 aromatic carbocycles. The first-order chi connectivity index (χ1) is 17.5. The fraction of sp³-hybridized carbons (Fsp3) is 0.233. The summed E-state index contributed by atoms with van der Waals surface area (Å²) in [5, 5.41) is 4.65. The van der Waals surface area contributed by atoms with Crippen molar-refractivity contribution in [2.75, 3.05) is 11.4 Å². The number of nitrogens with one attached hydrogen (secondary N) is 1. The second-order valence-electron chi connectivity index (χ2n) is 9.27. The number of benzene rings is 2. The molecule has 1 amide bonds. The minimum absolute atomic E-state index is 0.0172. The largest absolute Gasteiger partial charge is 0.353 e. The summed E-state index contributed by atoms with van der Waals surface area (Å²) in [5.41, 5.74) is 5.85. The van der Waals surface area contributed by atoms with Crippen LogP contribution in [0.3, 0.4) is 0 Å². The molecule has 1 unspecified atom stereocenters. The third-order valence-corrected chi connectivity index (χ3v) is 7.06. The molecule has 0 fully saturated rings. The summed E-state index contributed by atoms with van der Waals surface area (Å²) in [5.74, 6) is 2.65. The predicted octanol–water partition coefficient (Wildman–Crippen LogP) is 4.30. The molecule has 0 radical (unpaired) electrons. The van der Waals surface area contributed by atoms with E-state index in [1.165, 1.54) is 5.56 Å². The molecular formula is C30H28N4O2. The van der Waals surface area contributed by atoms with Crippen LogP contribution in [0.4, 0.5) is 5.69 Å². The third-order valence-electron chi connectivity index (χ3n) is 7.06. The standard InChI is InChI=1S/C30H28N4O2/c1-4-14-34(25-10-7-22(8-11-25)29(35)32-19-21-6-5-13-31-18-21)28-12-9-23-16-24-15-20(2)33(3)30(36)27(24)17-26(23)28/h1,5-8,10-11,13,15-18,28H,9,12,14,19H2,2-3H3,(H,32,35). The van der Waals surface area contributed by atoms with Gasteiger partial charge in [0.2, 0.25) is 0 Å². The number of carbonyl (C=O) groups is 1. The molecule has 6 nitrogen and oxygen atoms in total.